The maximum Gasteiger partial charge on any atom is 0.245 e. The molecule has 0 bridgehead atoms. The SMILES string of the molecule is COCC1(C(N)=O)CCCN1C(=O)Cc1ccncc1C. The van der Waals surface area contributed by atoms with Crippen molar-refractivity contribution >= 4 is 11.8 Å². The van der Waals surface area contributed by atoms with Gasteiger partial charge in [-0.05, 0) is 37.0 Å². The first-order chi connectivity index (χ1) is 10.0. The van der Waals surface area contributed by atoms with Gasteiger partial charge < -0.3 is 15.4 Å². The molecule has 2 N–H and O–H groups in total. The van der Waals surface area contributed by atoms with E-state index in [1.165, 1.54) is 7.11 Å². The molecule has 1 saturated heterocycles. The van der Waals surface area contributed by atoms with Gasteiger partial charge in [-0.15, -0.1) is 0 Å². The summed E-state index contributed by atoms with van der Waals surface area (Å²) in [4.78, 5) is 30.1. The Kier molecular flexibility index (Phi) is 4.57. The van der Waals surface area contributed by atoms with Crippen LogP contribution in [0.3, 0.4) is 0 Å². The molecular weight excluding hydrogens is 270 g/mol. The van der Waals surface area contributed by atoms with E-state index >= 15 is 0 Å². The highest BCUT2D eigenvalue weighted by Crippen LogP contribution is 2.30. The van der Waals surface area contributed by atoms with Gasteiger partial charge in [-0.1, -0.05) is 0 Å². The lowest BCUT2D eigenvalue weighted by molar-refractivity contribution is -0.146. The molecule has 1 aliphatic rings. The average Bonchev–Trinajstić information content (AvgIpc) is 2.87. The largest absolute Gasteiger partial charge is 0.382 e. The van der Waals surface area contributed by atoms with Crippen molar-refractivity contribution in [2.75, 3.05) is 20.3 Å². The molecule has 114 valence electrons. The summed E-state index contributed by atoms with van der Waals surface area (Å²) in [6, 6.07) is 1.82. The standard InChI is InChI=1S/C15H21N3O3/c1-11-9-17-6-4-12(11)8-13(19)18-7-3-5-15(18,10-21-2)14(16)20/h4,6,9H,3,5,7-8,10H2,1-2H3,(H2,16,20). The summed E-state index contributed by atoms with van der Waals surface area (Å²) in [6.07, 6.45) is 4.94. The van der Waals surface area contributed by atoms with E-state index < -0.39 is 11.4 Å². The number of pyridine rings is 1. The van der Waals surface area contributed by atoms with Crippen molar-refractivity contribution in [1.29, 1.82) is 0 Å². The second-order valence-corrected chi connectivity index (χ2v) is 5.46. The summed E-state index contributed by atoms with van der Waals surface area (Å²) >= 11 is 0. The molecule has 0 spiro atoms. The molecule has 6 nitrogen and oxygen atoms in total. The topological polar surface area (TPSA) is 85.5 Å². The molecule has 1 unspecified atom stereocenters. The van der Waals surface area contributed by atoms with Gasteiger partial charge in [0.05, 0.1) is 13.0 Å². The van der Waals surface area contributed by atoms with Gasteiger partial charge in [-0.3, -0.25) is 14.6 Å². The molecule has 1 atom stereocenters. The lowest BCUT2D eigenvalue weighted by Crippen LogP contribution is -2.59. The van der Waals surface area contributed by atoms with Gasteiger partial charge in [-0.2, -0.15) is 0 Å². The highest BCUT2D eigenvalue weighted by atomic mass is 16.5. The van der Waals surface area contributed by atoms with Crippen LogP contribution in [0, 0.1) is 6.92 Å². The second kappa shape index (κ2) is 6.22. The van der Waals surface area contributed by atoms with Gasteiger partial charge in [0.25, 0.3) is 0 Å². The Morgan fingerprint density at radius 2 is 2.29 bits per heavy atom. The zero-order chi connectivity index (χ0) is 15.5. The molecule has 2 rings (SSSR count). The van der Waals surface area contributed by atoms with Crippen molar-refractivity contribution in [3.63, 3.8) is 0 Å². The molecule has 21 heavy (non-hydrogen) atoms. The molecule has 0 aliphatic carbocycles. The molecular formula is C15H21N3O3. The Balaban J connectivity index is 2.21. The van der Waals surface area contributed by atoms with E-state index in [-0.39, 0.29) is 18.9 Å². The molecule has 1 aromatic rings. The van der Waals surface area contributed by atoms with Gasteiger partial charge in [0, 0.05) is 26.0 Å². The van der Waals surface area contributed by atoms with E-state index in [1.807, 2.05) is 13.0 Å². The highest BCUT2D eigenvalue weighted by molar-refractivity contribution is 5.92. The van der Waals surface area contributed by atoms with Crippen LogP contribution in [0.5, 0.6) is 0 Å². The van der Waals surface area contributed by atoms with Crippen molar-refractivity contribution in [2.45, 2.75) is 31.7 Å². The summed E-state index contributed by atoms with van der Waals surface area (Å²) in [5.74, 6) is -0.598. The first-order valence-electron chi connectivity index (χ1n) is 7.00. The van der Waals surface area contributed by atoms with Crippen LogP contribution in [0.25, 0.3) is 0 Å². The number of aromatic nitrogens is 1. The number of methoxy groups -OCH3 is 1. The fraction of sp³-hybridized carbons (Fsp3) is 0.533. The average molecular weight is 291 g/mol. The molecule has 1 aliphatic heterocycles. The molecule has 6 heteroatoms. The number of rotatable bonds is 5. The molecule has 0 saturated carbocycles. The number of primary amides is 1. The van der Waals surface area contributed by atoms with E-state index in [9.17, 15) is 9.59 Å². The van der Waals surface area contributed by atoms with Crippen LogP contribution < -0.4 is 5.73 Å². The minimum Gasteiger partial charge on any atom is -0.382 e. The number of likely N-dealkylation sites (tertiary alicyclic amines) is 1. The Hall–Kier alpha value is -1.95. The van der Waals surface area contributed by atoms with Crippen molar-refractivity contribution in [3.05, 3.63) is 29.6 Å². The monoisotopic (exact) mass is 291 g/mol. The van der Waals surface area contributed by atoms with Gasteiger partial charge in [-0.25, -0.2) is 0 Å². The van der Waals surface area contributed by atoms with E-state index in [0.717, 1.165) is 17.5 Å². The lowest BCUT2D eigenvalue weighted by atomic mass is 9.95. The van der Waals surface area contributed by atoms with Crippen LogP contribution in [0.15, 0.2) is 18.5 Å². The number of carbonyl (C=O) groups is 2. The maximum absolute atomic E-state index is 12.6. The van der Waals surface area contributed by atoms with Crippen LogP contribution in [-0.4, -0.2) is 47.5 Å². The summed E-state index contributed by atoms with van der Waals surface area (Å²) in [6.45, 7) is 2.59. The van der Waals surface area contributed by atoms with Gasteiger partial charge in [0.1, 0.15) is 5.54 Å². The fourth-order valence-corrected chi connectivity index (χ4v) is 2.92. The number of ether oxygens (including phenoxy) is 1. The van der Waals surface area contributed by atoms with Crippen molar-refractivity contribution in [3.8, 4) is 0 Å². The summed E-state index contributed by atoms with van der Waals surface area (Å²) in [5.41, 5.74) is 6.41. The first-order valence-corrected chi connectivity index (χ1v) is 7.00. The summed E-state index contributed by atoms with van der Waals surface area (Å²) < 4.78 is 5.14. The molecule has 2 heterocycles. The van der Waals surface area contributed by atoms with Gasteiger partial charge >= 0.3 is 0 Å². The minimum absolute atomic E-state index is 0.0994. The molecule has 1 fully saturated rings. The molecule has 0 radical (unpaired) electrons. The zero-order valence-electron chi connectivity index (χ0n) is 12.5. The Morgan fingerprint density at radius 3 is 2.90 bits per heavy atom. The number of nitrogens with zero attached hydrogens (tertiary/aromatic N) is 2. The number of hydrogen-bond acceptors (Lipinski definition) is 4. The minimum atomic E-state index is -1.01. The Bertz CT molecular complexity index is 547. The zero-order valence-corrected chi connectivity index (χ0v) is 12.5. The normalized spacial score (nSPS) is 21.5. The van der Waals surface area contributed by atoms with Crippen molar-refractivity contribution in [1.82, 2.24) is 9.88 Å². The lowest BCUT2D eigenvalue weighted by Gasteiger charge is -2.35. The third kappa shape index (κ3) is 2.90. The molecule has 0 aromatic carbocycles. The van der Waals surface area contributed by atoms with Crippen LogP contribution in [0.4, 0.5) is 0 Å². The fourth-order valence-electron chi connectivity index (χ4n) is 2.92. The van der Waals surface area contributed by atoms with E-state index in [0.29, 0.717) is 13.0 Å². The third-order valence-electron chi connectivity index (χ3n) is 4.11. The number of carbonyl (C=O) groups excluding carboxylic acids is 2. The predicted molar refractivity (Wildman–Crippen MR) is 77.4 cm³/mol. The van der Waals surface area contributed by atoms with Crippen LogP contribution in [0.2, 0.25) is 0 Å². The number of hydrogen-bond donors (Lipinski definition) is 1. The van der Waals surface area contributed by atoms with Crippen LogP contribution in [0.1, 0.15) is 24.0 Å². The maximum atomic E-state index is 12.6. The van der Waals surface area contributed by atoms with Crippen molar-refractivity contribution in [2.24, 2.45) is 5.73 Å². The summed E-state index contributed by atoms with van der Waals surface area (Å²) in [7, 11) is 1.51. The van der Waals surface area contributed by atoms with Gasteiger partial charge in [0.2, 0.25) is 11.8 Å². The molecule has 2 amide bonds. The smallest absolute Gasteiger partial charge is 0.245 e. The highest BCUT2D eigenvalue weighted by Gasteiger charge is 2.48. The van der Waals surface area contributed by atoms with E-state index in [4.69, 9.17) is 10.5 Å². The van der Waals surface area contributed by atoms with Crippen LogP contribution in [-0.2, 0) is 20.7 Å². The third-order valence-corrected chi connectivity index (χ3v) is 4.11. The van der Waals surface area contributed by atoms with Gasteiger partial charge in [0.15, 0.2) is 0 Å². The van der Waals surface area contributed by atoms with Crippen LogP contribution >= 0.6 is 0 Å². The number of aryl methyl sites for hydroxylation is 1. The number of amides is 2. The van der Waals surface area contributed by atoms with E-state index in [2.05, 4.69) is 4.98 Å². The molecule has 1 aromatic heterocycles. The Labute approximate surface area is 124 Å². The van der Waals surface area contributed by atoms with E-state index in [1.54, 1.807) is 17.3 Å². The Morgan fingerprint density at radius 1 is 1.52 bits per heavy atom. The number of nitrogens with two attached hydrogens (primary N) is 1. The quantitative estimate of drug-likeness (QED) is 0.852. The first kappa shape index (κ1) is 15.4. The summed E-state index contributed by atoms with van der Waals surface area (Å²) in [5, 5.41) is 0. The predicted octanol–water partition coefficient (Wildman–Crippen LogP) is 0.425. The van der Waals surface area contributed by atoms with Crippen molar-refractivity contribution < 1.29 is 14.3 Å². The second-order valence-electron chi connectivity index (χ2n) is 5.46.